The van der Waals surface area contributed by atoms with E-state index in [2.05, 4.69) is 11.8 Å². The highest BCUT2D eigenvalue weighted by Gasteiger charge is 2.50. The first kappa shape index (κ1) is 26.7. The lowest BCUT2D eigenvalue weighted by Gasteiger charge is -2.26. The summed E-state index contributed by atoms with van der Waals surface area (Å²) in [5.41, 5.74) is 3.92. The van der Waals surface area contributed by atoms with Crippen LogP contribution in [0.2, 0.25) is 0 Å². The van der Waals surface area contributed by atoms with Crippen LogP contribution < -0.4 is 17.0 Å². The number of H-pyrrole nitrogens is 1. The predicted octanol–water partition coefficient (Wildman–Crippen LogP) is -3.30. The van der Waals surface area contributed by atoms with Crippen molar-refractivity contribution in [2.75, 3.05) is 6.54 Å². The lowest BCUT2D eigenvalue weighted by atomic mass is 10.0. The molecule has 0 saturated carbocycles. The van der Waals surface area contributed by atoms with Crippen LogP contribution in [0.15, 0.2) is 46.1 Å². The van der Waals surface area contributed by atoms with Gasteiger partial charge in [-0.05, 0) is 12.1 Å². The minimum absolute atomic E-state index is 0.0952. The topological polar surface area (TPSA) is 227 Å². The Kier molecular flexibility index (Phi) is 7.87. The van der Waals surface area contributed by atoms with Crippen LogP contribution in [0.25, 0.3) is 0 Å². The number of aromatic amines is 1. The fourth-order valence-corrected chi connectivity index (χ4v) is 4.08. The molecule has 0 aliphatic carbocycles. The van der Waals surface area contributed by atoms with Crippen molar-refractivity contribution in [2.45, 2.75) is 55.2 Å². The number of aromatic carboxylic acids is 1. The van der Waals surface area contributed by atoms with Crippen LogP contribution in [-0.4, -0.2) is 96.6 Å². The molecular weight excluding hydrogens is 494 g/mol. The largest absolute Gasteiger partial charge is 0.478 e. The van der Waals surface area contributed by atoms with Crippen molar-refractivity contribution < 1.29 is 44.5 Å². The van der Waals surface area contributed by atoms with E-state index in [0.29, 0.717) is 0 Å². The summed E-state index contributed by atoms with van der Waals surface area (Å²) in [6.45, 7) is -0.140. The Bertz CT molecular complexity index is 1310. The number of aromatic nitrogens is 2. The minimum Gasteiger partial charge on any atom is -0.478 e. The first-order valence-electron chi connectivity index (χ1n) is 11.2. The van der Waals surface area contributed by atoms with Crippen LogP contribution in [0.3, 0.4) is 0 Å². The van der Waals surface area contributed by atoms with E-state index in [4.69, 9.17) is 19.9 Å². The van der Waals surface area contributed by atoms with Crippen molar-refractivity contribution in [3.63, 3.8) is 0 Å². The standard InChI is InChI=1S/C23H25N3O11/c24-9-13-15(28)18(31)22(36-13)35-12(6-5-10-3-1-2-4-11(10)21(32)33)19-16(29)17(30)20(37-19)26-8-7-14(27)25-23(26)34/h1-4,7-8,12-13,15-20,22,28-31H,9,24H2,(H,32,33)(H,25,27,34)/t12-,13+,15+,16-,17+,18+,19+,20+,22+/m0/s1. The highest BCUT2D eigenvalue weighted by molar-refractivity contribution is 5.90. The Morgan fingerprint density at radius 1 is 1.08 bits per heavy atom. The van der Waals surface area contributed by atoms with E-state index in [1.54, 1.807) is 6.07 Å². The van der Waals surface area contributed by atoms with Gasteiger partial charge in [0.25, 0.3) is 5.56 Å². The molecule has 0 spiro atoms. The van der Waals surface area contributed by atoms with Crippen molar-refractivity contribution in [2.24, 2.45) is 5.73 Å². The molecule has 2 fully saturated rings. The van der Waals surface area contributed by atoms with Gasteiger partial charge in [-0.1, -0.05) is 24.0 Å². The van der Waals surface area contributed by atoms with E-state index in [0.717, 1.165) is 16.8 Å². The molecule has 2 aliphatic heterocycles. The average molecular weight is 519 g/mol. The molecule has 1 aromatic heterocycles. The average Bonchev–Trinajstić information content (AvgIpc) is 3.31. The van der Waals surface area contributed by atoms with Crippen LogP contribution >= 0.6 is 0 Å². The van der Waals surface area contributed by atoms with Crippen LogP contribution in [-0.2, 0) is 14.2 Å². The molecule has 0 unspecified atom stereocenters. The number of hydrogen-bond acceptors (Lipinski definition) is 11. The number of aliphatic hydroxyl groups is 4. The highest BCUT2D eigenvalue weighted by atomic mass is 16.7. The molecule has 198 valence electrons. The van der Waals surface area contributed by atoms with Gasteiger partial charge in [0.15, 0.2) is 18.6 Å². The summed E-state index contributed by atoms with van der Waals surface area (Å²) < 4.78 is 17.8. The van der Waals surface area contributed by atoms with Crippen LogP contribution in [0.4, 0.5) is 0 Å². The number of carboxylic acids is 1. The smallest absolute Gasteiger partial charge is 0.336 e. The molecule has 2 aliphatic rings. The van der Waals surface area contributed by atoms with Gasteiger partial charge < -0.3 is 45.5 Å². The maximum atomic E-state index is 12.2. The maximum Gasteiger partial charge on any atom is 0.336 e. The van der Waals surface area contributed by atoms with Crippen molar-refractivity contribution in [3.8, 4) is 11.8 Å². The Balaban J connectivity index is 1.69. The first-order valence-corrected chi connectivity index (χ1v) is 11.2. The van der Waals surface area contributed by atoms with Gasteiger partial charge >= 0.3 is 11.7 Å². The molecule has 2 aromatic rings. The fraction of sp³-hybridized carbons (Fsp3) is 0.435. The van der Waals surface area contributed by atoms with E-state index < -0.39 is 72.5 Å². The number of aliphatic hydroxyl groups excluding tert-OH is 4. The summed E-state index contributed by atoms with van der Waals surface area (Å²) >= 11 is 0. The molecule has 0 radical (unpaired) electrons. The van der Waals surface area contributed by atoms with E-state index in [9.17, 15) is 39.9 Å². The zero-order chi connectivity index (χ0) is 26.9. The summed E-state index contributed by atoms with van der Waals surface area (Å²) in [5.74, 6) is 4.03. The molecule has 0 amide bonds. The molecule has 14 nitrogen and oxygen atoms in total. The van der Waals surface area contributed by atoms with Crippen LogP contribution in [0, 0.1) is 11.8 Å². The second-order valence-electron chi connectivity index (χ2n) is 8.43. The van der Waals surface area contributed by atoms with Gasteiger partial charge in [0.2, 0.25) is 0 Å². The number of rotatable bonds is 6. The van der Waals surface area contributed by atoms with Gasteiger partial charge in [-0.3, -0.25) is 14.3 Å². The van der Waals surface area contributed by atoms with Gasteiger partial charge in [-0.2, -0.15) is 0 Å². The first-order chi connectivity index (χ1) is 17.6. The summed E-state index contributed by atoms with van der Waals surface area (Å²) in [4.78, 5) is 37.2. The monoisotopic (exact) mass is 519 g/mol. The van der Waals surface area contributed by atoms with E-state index >= 15 is 0 Å². The third kappa shape index (κ3) is 5.34. The van der Waals surface area contributed by atoms with Crippen molar-refractivity contribution in [3.05, 3.63) is 68.5 Å². The number of carbonyl (C=O) groups is 1. The van der Waals surface area contributed by atoms with Gasteiger partial charge in [-0.15, -0.1) is 0 Å². The van der Waals surface area contributed by atoms with Gasteiger partial charge in [0, 0.05) is 24.4 Å². The van der Waals surface area contributed by atoms with Gasteiger partial charge in [-0.25, -0.2) is 9.59 Å². The van der Waals surface area contributed by atoms with Gasteiger partial charge in [0.05, 0.1) is 5.56 Å². The lowest BCUT2D eigenvalue weighted by Crippen LogP contribution is -2.43. The molecule has 0 bridgehead atoms. The second-order valence-corrected chi connectivity index (χ2v) is 8.43. The Hall–Kier alpha value is -3.39. The second kappa shape index (κ2) is 10.9. The third-order valence-corrected chi connectivity index (χ3v) is 6.04. The molecule has 8 N–H and O–H groups in total. The zero-order valence-electron chi connectivity index (χ0n) is 19.1. The van der Waals surface area contributed by atoms with E-state index in [-0.39, 0.29) is 17.7 Å². The molecule has 2 saturated heterocycles. The van der Waals surface area contributed by atoms with Crippen LogP contribution in [0.5, 0.6) is 0 Å². The number of nitrogens with two attached hydrogens (primary N) is 1. The molecule has 1 aromatic carbocycles. The summed E-state index contributed by atoms with van der Waals surface area (Å²) in [6, 6.07) is 6.85. The van der Waals surface area contributed by atoms with E-state index in [1.807, 2.05) is 4.98 Å². The Labute approximate surface area is 208 Å². The normalized spacial score (nSPS) is 32.0. The van der Waals surface area contributed by atoms with E-state index in [1.165, 1.54) is 18.2 Å². The predicted molar refractivity (Wildman–Crippen MR) is 122 cm³/mol. The lowest BCUT2D eigenvalue weighted by molar-refractivity contribution is -0.205. The van der Waals surface area contributed by atoms with Crippen molar-refractivity contribution in [1.29, 1.82) is 0 Å². The summed E-state index contributed by atoms with van der Waals surface area (Å²) in [5, 5.41) is 51.3. The molecule has 3 heterocycles. The van der Waals surface area contributed by atoms with Crippen molar-refractivity contribution in [1.82, 2.24) is 9.55 Å². The highest BCUT2D eigenvalue weighted by Crippen LogP contribution is 2.33. The number of carboxylic acid groups (broad SMARTS) is 1. The summed E-state index contributed by atoms with van der Waals surface area (Å²) in [7, 11) is 0. The fourth-order valence-electron chi connectivity index (χ4n) is 4.08. The van der Waals surface area contributed by atoms with Gasteiger partial charge in [0.1, 0.15) is 36.6 Å². The Morgan fingerprint density at radius 2 is 1.81 bits per heavy atom. The molecule has 9 atom stereocenters. The quantitative estimate of drug-likeness (QED) is 0.186. The number of benzene rings is 1. The maximum absolute atomic E-state index is 12.2. The summed E-state index contributed by atoms with van der Waals surface area (Å²) in [6.07, 6.45) is -12.0. The SMILES string of the molecule is NC[C@H]1O[C@@H](O[C@@H](C#Cc2ccccc2C(=O)O)[C@H]2O[C@@H](n3ccc(=O)[nH]c3=O)[C@H](O)[C@@H]2O)[C@H](O)[C@@H]1O. The third-order valence-electron chi connectivity index (χ3n) is 6.04. The van der Waals surface area contributed by atoms with Crippen LogP contribution in [0.1, 0.15) is 22.1 Å². The van der Waals surface area contributed by atoms with Crippen molar-refractivity contribution >= 4 is 5.97 Å². The number of hydrogen-bond donors (Lipinski definition) is 7. The molecular formula is C23H25N3O11. The zero-order valence-corrected chi connectivity index (χ0v) is 19.1. The Morgan fingerprint density at radius 3 is 2.46 bits per heavy atom. The molecule has 37 heavy (non-hydrogen) atoms. The molecule has 4 rings (SSSR count). The number of ether oxygens (including phenoxy) is 3. The molecule has 14 heteroatoms. The number of nitrogens with zero attached hydrogens (tertiary/aromatic N) is 1. The minimum atomic E-state index is -1.69. The number of nitrogens with one attached hydrogen (secondary N) is 1.